The molecule has 2 aromatic rings. The summed E-state index contributed by atoms with van der Waals surface area (Å²) in [5.74, 6) is 1.39. The number of carbonyl (C=O) groups excluding carboxylic acids is 1. The molecule has 2 atom stereocenters. The van der Waals surface area contributed by atoms with Gasteiger partial charge in [-0.05, 0) is 38.4 Å². The molecule has 1 aliphatic heterocycles. The summed E-state index contributed by atoms with van der Waals surface area (Å²) in [6.45, 7) is 3.62. The van der Waals surface area contributed by atoms with E-state index in [9.17, 15) is 4.79 Å². The number of piperidine rings is 1. The van der Waals surface area contributed by atoms with Gasteiger partial charge in [-0.2, -0.15) is 15.0 Å². The van der Waals surface area contributed by atoms with E-state index in [-0.39, 0.29) is 23.8 Å². The van der Waals surface area contributed by atoms with Crippen LogP contribution in [0.4, 0.5) is 17.6 Å². The van der Waals surface area contributed by atoms with Crippen molar-refractivity contribution in [3.8, 4) is 0 Å². The number of anilines is 3. The standard InChI is InChI=1S/C19H27N7O/c1-13(16-22-18(20)24-19(23-16)25(2)3)26-11-7-8-14(12-26)17(27)21-15-9-5-4-6-10-15/h4-6,9-10,13-14H,7-8,11-12H2,1-3H3,(H,21,27)(H2,20,22,23,24)/t13-,14-/m0/s1. The number of nitrogens with one attached hydrogen (secondary N) is 1. The molecule has 1 amide bonds. The average Bonchev–Trinajstić information content (AvgIpc) is 2.67. The Kier molecular flexibility index (Phi) is 5.85. The second-order valence-electron chi connectivity index (χ2n) is 7.11. The fraction of sp³-hybridized carbons (Fsp3) is 0.474. The minimum absolute atomic E-state index is 0.0404. The highest BCUT2D eigenvalue weighted by molar-refractivity contribution is 5.92. The Morgan fingerprint density at radius 3 is 2.70 bits per heavy atom. The van der Waals surface area contributed by atoms with Gasteiger partial charge in [0.05, 0.1) is 12.0 Å². The molecule has 144 valence electrons. The quantitative estimate of drug-likeness (QED) is 0.830. The summed E-state index contributed by atoms with van der Waals surface area (Å²) in [4.78, 5) is 29.7. The molecule has 0 spiro atoms. The van der Waals surface area contributed by atoms with E-state index in [0.29, 0.717) is 18.3 Å². The molecular weight excluding hydrogens is 342 g/mol. The van der Waals surface area contributed by atoms with Crippen molar-refractivity contribution >= 4 is 23.5 Å². The van der Waals surface area contributed by atoms with Gasteiger partial charge in [0.1, 0.15) is 0 Å². The number of aromatic nitrogens is 3. The van der Waals surface area contributed by atoms with Crippen molar-refractivity contribution in [2.45, 2.75) is 25.8 Å². The van der Waals surface area contributed by atoms with Crippen LogP contribution >= 0.6 is 0 Å². The van der Waals surface area contributed by atoms with Crippen molar-refractivity contribution < 1.29 is 4.79 Å². The number of hydrogen-bond donors (Lipinski definition) is 2. The number of amides is 1. The molecule has 0 aliphatic carbocycles. The number of carbonyl (C=O) groups is 1. The highest BCUT2D eigenvalue weighted by Gasteiger charge is 2.30. The smallest absolute Gasteiger partial charge is 0.229 e. The summed E-state index contributed by atoms with van der Waals surface area (Å²) in [5.41, 5.74) is 6.68. The summed E-state index contributed by atoms with van der Waals surface area (Å²) in [7, 11) is 3.74. The molecule has 8 nitrogen and oxygen atoms in total. The van der Waals surface area contributed by atoms with Gasteiger partial charge in [-0.25, -0.2) is 0 Å². The van der Waals surface area contributed by atoms with Crippen LogP contribution in [0.15, 0.2) is 30.3 Å². The molecular formula is C19H27N7O. The van der Waals surface area contributed by atoms with E-state index < -0.39 is 0 Å². The molecule has 0 unspecified atom stereocenters. The van der Waals surface area contributed by atoms with Gasteiger partial charge >= 0.3 is 0 Å². The number of nitrogen functional groups attached to an aromatic ring is 1. The molecule has 0 bridgehead atoms. The van der Waals surface area contributed by atoms with Crippen LogP contribution in [-0.2, 0) is 4.79 Å². The zero-order chi connectivity index (χ0) is 19.4. The molecule has 1 aliphatic rings. The fourth-order valence-electron chi connectivity index (χ4n) is 3.29. The maximum Gasteiger partial charge on any atom is 0.229 e. The summed E-state index contributed by atoms with van der Waals surface area (Å²) in [6, 6.07) is 9.52. The third-order valence-electron chi connectivity index (χ3n) is 4.84. The van der Waals surface area contributed by atoms with E-state index in [2.05, 4.69) is 25.2 Å². The second kappa shape index (κ2) is 8.30. The normalized spacial score (nSPS) is 18.7. The number of likely N-dealkylation sites (tertiary alicyclic amines) is 1. The van der Waals surface area contributed by atoms with Crippen molar-refractivity contribution in [1.29, 1.82) is 0 Å². The van der Waals surface area contributed by atoms with Crippen LogP contribution in [0.5, 0.6) is 0 Å². The molecule has 2 heterocycles. The van der Waals surface area contributed by atoms with Crippen molar-refractivity contribution in [3.05, 3.63) is 36.2 Å². The van der Waals surface area contributed by atoms with Crippen LogP contribution in [0.1, 0.15) is 31.6 Å². The Bertz CT molecular complexity index is 781. The predicted molar refractivity (Wildman–Crippen MR) is 106 cm³/mol. The Hall–Kier alpha value is -2.74. The lowest BCUT2D eigenvalue weighted by Gasteiger charge is -2.35. The maximum absolute atomic E-state index is 12.7. The first kappa shape index (κ1) is 19.0. The van der Waals surface area contributed by atoms with Crippen LogP contribution in [0, 0.1) is 5.92 Å². The number of para-hydroxylation sites is 1. The van der Waals surface area contributed by atoms with Gasteiger partial charge in [0.25, 0.3) is 0 Å². The van der Waals surface area contributed by atoms with Crippen LogP contribution in [0.2, 0.25) is 0 Å². The number of nitrogens with two attached hydrogens (primary N) is 1. The average molecular weight is 369 g/mol. The van der Waals surface area contributed by atoms with Crippen LogP contribution in [0.25, 0.3) is 0 Å². The van der Waals surface area contributed by atoms with E-state index in [1.165, 1.54) is 0 Å². The SMILES string of the molecule is C[C@@H](c1nc(N)nc(N(C)C)n1)N1CCC[C@H](C(=O)Nc2ccccc2)C1. The first-order valence-corrected chi connectivity index (χ1v) is 9.23. The molecule has 1 aromatic heterocycles. The van der Waals surface area contributed by atoms with Crippen LogP contribution in [-0.4, -0.2) is 52.9 Å². The molecule has 0 saturated carbocycles. The first-order chi connectivity index (χ1) is 12.9. The molecule has 8 heteroatoms. The predicted octanol–water partition coefficient (Wildman–Crippen LogP) is 1.93. The topological polar surface area (TPSA) is 100 Å². The number of nitrogens with zero attached hydrogens (tertiary/aromatic N) is 5. The molecule has 0 radical (unpaired) electrons. The third-order valence-corrected chi connectivity index (χ3v) is 4.84. The molecule has 1 fully saturated rings. The van der Waals surface area contributed by atoms with Crippen molar-refractivity contribution in [1.82, 2.24) is 19.9 Å². The zero-order valence-corrected chi connectivity index (χ0v) is 16.1. The lowest BCUT2D eigenvalue weighted by atomic mass is 9.95. The monoisotopic (exact) mass is 369 g/mol. The van der Waals surface area contributed by atoms with Gasteiger partial charge in [-0.1, -0.05) is 18.2 Å². The minimum atomic E-state index is -0.0612. The Balaban J connectivity index is 1.69. The largest absolute Gasteiger partial charge is 0.368 e. The van der Waals surface area contributed by atoms with E-state index in [1.807, 2.05) is 51.4 Å². The molecule has 3 rings (SSSR count). The lowest BCUT2D eigenvalue weighted by Crippen LogP contribution is -2.42. The van der Waals surface area contributed by atoms with Gasteiger partial charge in [-0.3, -0.25) is 9.69 Å². The summed E-state index contributed by atoms with van der Waals surface area (Å²) >= 11 is 0. The zero-order valence-electron chi connectivity index (χ0n) is 16.1. The molecule has 1 saturated heterocycles. The number of benzene rings is 1. The van der Waals surface area contributed by atoms with Gasteiger partial charge in [0.15, 0.2) is 5.82 Å². The molecule has 3 N–H and O–H groups in total. The van der Waals surface area contributed by atoms with E-state index in [1.54, 1.807) is 4.90 Å². The third kappa shape index (κ3) is 4.71. The van der Waals surface area contributed by atoms with Crippen LogP contribution in [0.3, 0.4) is 0 Å². The lowest BCUT2D eigenvalue weighted by molar-refractivity contribution is -0.121. The minimum Gasteiger partial charge on any atom is -0.368 e. The van der Waals surface area contributed by atoms with Crippen molar-refractivity contribution in [3.63, 3.8) is 0 Å². The highest BCUT2D eigenvalue weighted by Crippen LogP contribution is 2.26. The van der Waals surface area contributed by atoms with E-state index in [0.717, 1.165) is 25.1 Å². The van der Waals surface area contributed by atoms with Gasteiger partial charge < -0.3 is 16.0 Å². The van der Waals surface area contributed by atoms with Crippen molar-refractivity contribution in [2.24, 2.45) is 5.92 Å². The van der Waals surface area contributed by atoms with Gasteiger partial charge in [0, 0.05) is 26.3 Å². The summed E-state index contributed by atoms with van der Waals surface area (Å²) in [5, 5.41) is 3.01. The first-order valence-electron chi connectivity index (χ1n) is 9.23. The Labute approximate surface area is 159 Å². The van der Waals surface area contributed by atoms with Gasteiger partial charge in [-0.15, -0.1) is 0 Å². The van der Waals surface area contributed by atoms with Gasteiger partial charge in [0.2, 0.25) is 17.8 Å². The number of hydrogen-bond acceptors (Lipinski definition) is 7. The summed E-state index contributed by atoms with van der Waals surface area (Å²) < 4.78 is 0. The van der Waals surface area contributed by atoms with E-state index in [4.69, 9.17) is 5.73 Å². The summed E-state index contributed by atoms with van der Waals surface area (Å²) in [6.07, 6.45) is 1.84. The molecule has 1 aromatic carbocycles. The Morgan fingerprint density at radius 1 is 1.26 bits per heavy atom. The van der Waals surface area contributed by atoms with E-state index >= 15 is 0 Å². The fourth-order valence-corrected chi connectivity index (χ4v) is 3.29. The second-order valence-corrected chi connectivity index (χ2v) is 7.11. The molecule has 27 heavy (non-hydrogen) atoms. The maximum atomic E-state index is 12.7. The Morgan fingerprint density at radius 2 is 2.00 bits per heavy atom. The highest BCUT2D eigenvalue weighted by atomic mass is 16.1. The number of rotatable bonds is 5. The van der Waals surface area contributed by atoms with Crippen LogP contribution < -0.4 is 16.0 Å². The van der Waals surface area contributed by atoms with Crippen molar-refractivity contribution in [2.75, 3.05) is 43.1 Å².